The Labute approximate surface area is 159 Å². The van der Waals surface area contributed by atoms with Crippen LogP contribution < -0.4 is 4.74 Å². The fourth-order valence-corrected chi connectivity index (χ4v) is 4.06. The van der Waals surface area contributed by atoms with E-state index >= 15 is 0 Å². The van der Waals surface area contributed by atoms with Crippen LogP contribution in [0.2, 0.25) is 0 Å². The Morgan fingerprint density at radius 1 is 1.26 bits per heavy atom. The summed E-state index contributed by atoms with van der Waals surface area (Å²) < 4.78 is 5.41. The molecule has 0 unspecified atom stereocenters. The van der Waals surface area contributed by atoms with Crippen molar-refractivity contribution in [3.63, 3.8) is 0 Å². The van der Waals surface area contributed by atoms with E-state index in [0.29, 0.717) is 6.54 Å². The lowest BCUT2D eigenvalue weighted by Crippen LogP contribution is -2.40. The summed E-state index contributed by atoms with van der Waals surface area (Å²) in [6, 6.07) is 14.2. The van der Waals surface area contributed by atoms with E-state index in [0.717, 1.165) is 34.5 Å². The maximum atomic E-state index is 12.7. The number of ether oxygens (including phenoxy) is 1. The number of aryl methyl sites for hydroxylation is 1. The third-order valence-electron chi connectivity index (χ3n) is 5.26. The molecule has 1 aliphatic heterocycles. The first-order valence-electron chi connectivity index (χ1n) is 9.11. The predicted octanol–water partition coefficient (Wildman–Crippen LogP) is 3.98. The van der Waals surface area contributed by atoms with Crippen LogP contribution in [-0.4, -0.2) is 29.4 Å². The highest BCUT2D eigenvalue weighted by Gasteiger charge is 2.34. The van der Waals surface area contributed by atoms with Crippen LogP contribution in [0.3, 0.4) is 0 Å². The Hall–Kier alpha value is -3.19. The fourth-order valence-electron chi connectivity index (χ4n) is 4.06. The van der Waals surface area contributed by atoms with Crippen molar-refractivity contribution in [3.8, 4) is 17.6 Å². The van der Waals surface area contributed by atoms with Crippen LogP contribution in [0.5, 0.6) is 5.75 Å². The Balaban J connectivity index is 1.91. The van der Waals surface area contributed by atoms with Gasteiger partial charge in [-0.15, -0.1) is 0 Å². The summed E-state index contributed by atoms with van der Waals surface area (Å²) in [7, 11) is 1.67. The molecule has 1 amide bonds. The van der Waals surface area contributed by atoms with Crippen LogP contribution in [0, 0.1) is 18.8 Å². The van der Waals surface area contributed by atoms with E-state index < -0.39 is 0 Å². The third kappa shape index (κ3) is 2.86. The van der Waals surface area contributed by atoms with E-state index in [1.807, 2.05) is 30.0 Å². The minimum Gasteiger partial charge on any atom is -0.496 e. The quantitative estimate of drug-likeness (QED) is 0.704. The zero-order valence-electron chi connectivity index (χ0n) is 15.8. The van der Waals surface area contributed by atoms with Crippen LogP contribution in [0.1, 0.15) is 35.3 Å². The lowest BCUT2D eigenvalue weighted by atomic mass is 9.91. The van der Waals surface area contributed by atoms with Crippen LogP contribution in [-0.2, 0) is 11.2 Å². The number of nitrogens with zero attached hydrogens (tertiary/aromatic N) is 1. The Kier molecular flexibility index (Phi) is 4.37. The highest BCUT2D eigenvalue weighted by Crippen LogP contribution is 2.39. The van der Waals surface area contributed by atoms with Crippen LogP contribution in [0.4, 0.5) is 0 Å². The summed E-state index contributed by atoms with van der Waals surface area (Å²) in [4.78, 5) is 18.2. The summed E-state index contributed by atoms with van der Waals surface area (Å²) in [5.41, 5.74) is 5.59. The minimum absolute atomic E-state index is 0.139. The molecule has 0 radical (unpaired) electrons. The zero-order chi connectivity index (χ0) is 19.0. The fraction of sp³-hybridized carbons (Fsp3) is 0.261. The van der Waals surface area contributed by atoms with E-state index in [4.69, 9.17) is 4.74 Å². The number of H-pyrrole nitrogens is 1. The standard InChI is InChI=1S/C23H22N2O2/c1-4-7-21(26)25-13-12-18-17-8-5-6-9-19(17)24-22(18)23(25)16-10-11-20(27-3)15(2)14-16/h5-6,8-11,14,23-24H,12-13H2,1-3H3/t23-/m1/s1. The first-order valence-corrected chi connectivity index (χ1v) is 9.11. The maximum Gasteiger partial charge on any atom is 0.299 e. The molecule has 0 saturated heterocycles. The minimum atomic E-state index is -0.181. The number of carbonyl (C=O) groups excluding carboxylic acids is 1. The summed E-state index contributed by atoms with van der Waals surface area (Å²) in [6.45, 7) is 4.37. The monoisotopic (exact) mass is 358 g/mol. The maximum absolute atomic E-state index is 12.7. The van der Waals surface area contributed by atoms with Gasteiger partial charge in [-0.25, -0.2) is 0 Å². The first-order chi connectivity index (χ1) is 13.1. The molecule has 2 heterocycles. The molecule has 1 aliphatic rings. The van der Waals surface area contributed by atoms with Crippen molar-refractivity contribution < 1.29 is 9.53 Å². The molecule has 1 aromatic heterocycles. The number of hydrogen-bond donors (Lipinski definition) is 1. The molecule has 2 aromatic carbocycles. The molecule has 0 spiro atoms. The average molecular weight is 358 g/mol. The van der Waals surface area contributed by atoms with Gasteiger partial charge >= 0.3 is 0 Å². The summed E-state index contributed by atoms with van der Waals surface area (Å²) >= 11 is 0. The topological polar surface area (TPSA) is 45.3 Å². The largest absolute Gasteiger partial charge is 0.496 e. The van der Waals surface area contributed by atoms with Crippen LogP contribution in [0.15, 0.2) is 42.5 Å². The number of amides is 1. The molecular weight excluding hydrogens is 336 g/mol. The normalized spacial score (nSPS) is 15.8. The van der Waals surface area contributed by atoms with Crippen molar-refractivity contribution in [1.82, 2.24) is 9.88 Å². The molecule has 0 bridgehead atoms. The van der Waals surface area contributed by atoms with E-state index in [-0.39, 0.29) is 11.9 Å². The van der Waals surface area contributed by atoms with Crippen LogP contribution >= 0.6 is 0 Å². The van der Waals surface area contributed by atoms with E-state index in [2.05, 4.69) is 41.1 Å². The molecule has 1 N–H and O–H groups in total. The second-order valence-corrected chi connectivity index (χ2v) is 6.82. The summed E-state index contributed by atoms with van der Waals surface area (Å²) in [5.74, 6) is 6.17. The third-order valence-corrected chi connectivity index (χ3v) is 5.26. The van der Waals surface area contributed by atoms with Gasteiger partial charge in [-0.3, -0.25) is 4.79 Å². The molecule has 0 aliphatic carbocycles. The number of carbonyl (C=O) groups is 1. The van der Waals surface area contributed by atoms with Gasteiger partial charge in [0.1, 0.15) is 5.75 Å². The number of rotatable bonds is 2. The van der Waals surface area contributed by atoms with E-state index in [1.54, 1.807) is 14.0 Å². The lowest BCUT2D eigenvalue weighted by Gasteiger charge is -2.35. The Morgan fingerprint density at radius 2 is 2.07 bits per heavy atom. The van der Waals surface area contributed by atoms with Crippen molar-refractivity contribution in [2.45, 2.75) is 26.3 Å². The van der Waals surface area contributed by atoms with Crippen molar-refractivity contribution in [2.75, 3.05) is 13.7 Å². The molecule has 3 aromatic rings. The molecule has 1 atom stereocenters. The smallest absolute Gasteiger partial charge is 0.299 e. The van der Waals surface area contributed by atoms with Crippen molar-refractivity contribution >= 4 is 16.8 Å². The number of methoxy groups -OCH3 is 1. The number of fused-ring (bicyclic) bond motifs is 3. The number of para-hydroxylation sites is 1. The molecule has 27 heavy (non-hydrogen) atoms. The van der Waals surface area contributed by atoms with Crippen molar-refractivity contribution in [2.24, 2.45) is 0 Å². The van der Waals surface area contributed by atoms with Crippen LogP contribution in [0.25, 0.3) is 10.9 Å². The molecule has 4 heteroatoms. The second kappa shape index (κ2) is 6.85. The lowest BCUT2D eigenvalue weighted by molar-refractivity contribution is -0.127. The summed E-state index contributed by atoms with van der Waals surface area (Å²) in [5, 5.41) is 1.23. The first kappa shape index (κ1) is 17.2. The molecular formula is C23H22N2O2. The molecule has 4 rings (SSSR count). The van der Waals surface area contributed by atoms with Gasteiger partial charge in [0, 0.05) is 23.1 Å². The number of aromatic nitrogens is 1. The van der Waals surface area contributed by atoms with E-state index in [9.17, 15) is 4.79 Å². The number of benzene rings is 2. The van der Waals surface area contributed by atoms with Crippen molar-refractivity contribution in [1.29, 1.82) is 0 Å². The van der Waals surface area contributed by atoms with Gasteiger partial charge in [-0.2, -0.15) is 0 Å². The van der Waals surface area contributed by atoms with Crippen molar-refractivity contribution in [3.05, 3.63) is 64.8 Å². The number of hydrogen-bond acceptors (Lipinski definition) is 2. The summed E-state index contributed by atoms with van der Waals surface area (Å²) in [6.07, 6.45) is 0.822. The number of nitrogens with one attached hydrogen (secondary N) is 1. The van der Waals surface area contributed by atoms with Gasteiger partial charge < -0.3 is 14.6 Å². The highest BCUT2D eigenvalue weighted by molar-refractivity contribution is 5.95. The predicted molar refractivity (Wildman–Crippen MR) is 107 cm³/mol. The van der Waals surface area contributed by atoms with Gasteiger partial charge in [0.2, 0.25) is 0 Å². The Bertz CT molecular complexity index is 1080. The molecule has 0 fully saturated rings. The average Bonchev–Trinajstić information content (AvgIpc) is 3.06. The van der Waals surface area contributed by atoms with Gasteiger partial charge in [-0.05, 0) is 61.1 Å². The van der Waals surface area contributed by atoms with Gasteiger partial charge in [-0.1, -0.05) is 30.2 Å². The van der Waals surface area contributed by atoms with Gasteiger partial charge in [0.05, 0.1) is 13.2 Å². The molecule has 0 saturated carbocycles. The number of aromatic amines is 1. The van der Waals surface area contributed by atoms with Gasteiger partial charge in [0.15, 0.2) is 0 Å². The second-order valence-electron chi connectivity index (χ2n) is 6.82. The zero-order valence-corrected chi connectivity index (χ0v) is 15.8. The van der Waals surface area contributed by atoms with E-state index in [1.165, 1.54) is 10.9 Å². The molecule has 136 valence electrons. The molecule has 4 nitrogen and oxygen atoms in total. The Morgan fingerprint density at radius 3 is 2.81 bits per heavy atom. The SMILES string of the molecule is CC#CC(=O)N1CCc2c([nH]c3ccccc23)[C@H]1c1ccc(OC)c(C)c1. The highest BCUT2D eigenvalue weighted by atomic mass is 16.5. The van der Waals surface area contributed by atoms with Gasteiger partial charge in [0.25, 0.3) is 5.91 Å².